The molecule has 2 rings (SSSR count). The Balaban J connectivity index is 2.48. The van der Waals surface area contributed by atoms with Crippen molar-refractivity contribution in [1.82, 2.24) is 9.80 Å². The van der Waals surface area contributed by atoms with E-state index in [1.165, 1.54) is 30.0 Å². The summed E-state index contributed by atoms with van der Waals surface area (Å²) in [5.74, 6) is -2.17. The predicted octanol–water partition coefficient (Wildman–Crippen LogP) is 1.67. The second kappa shape index (κ2) is 6.27. The highest BCUT2D eigenvalue weighted by molar-refractivity contribution is 6.08. The van der Waals surface area contributed by atoms with Crippen molar-refractivity contribution in [3.63, 3.8) is 0 Å². The number of carbonyl (C=O) groups excluding carboxylic acids is 2. The SMILES string of the molecule is CC(=O)C1=C(O)C(=O)N(CCN(C)C)[C@@H]1c1ccccc1F. The Labute approximate surface area is 128 Å². The topological polar surface area (TPSA) is 60.9 Å². The van der Waals surface area contributed by atoms with Crippen LogP contribution >= 0.6 is 0 Å². The third-order valence-corrected chi connectivity index (χ3v) is 3.67. The van der Waals surface area contributed by atoms with E-state index in [4.69, 9.17) is 0 Å². The van der Waals surface area contributed by atoms with Gasteiger partial charge in [-0.1, -0.05) is 18.2 Å². The summed E-state index contributed by atoms with van der Waals surface area (Å²) in [5, 5.41) is 10.0. The minimum atomic E-state index is -0.883. The van der Waals surface area contributed by atoms with Gasteiger partial charge >= 0.3 is 0 Å². The fourth-order valence-corrected chi connectivity index (χ4v) is 2.57. The number of likely N-dealkylation sites (N-methyl/N-ethyl adjacent to an activating group) is 1. The number of hydrogen-bond donors (Lipinski definition) is 1. The molecule has 6 heteroatoms. The van der Waals surface area contributed by atoms with Crippen molar-refractivity contribution in [3.05, 3.63) is 47.0 Å². The van der Waals surface area contributed by atoms with E-state index in [9.17, 15) is 19.1 Å². The van der Waals surface area contributed by atoms with Crippen LogP contribution in [-0.2, 0) is 9.59 Å². The van der Waals surface area contributed by atoms with Crippen molar-refractivity contribution in [2.45, 2.75) is 13.0 Å². The van der Waals surface area contributed by atoms with Crippen LogP contribution in [0.15, 0.2) is 35.6 Å². The standard InChI is InChI=1S/C16H19FN2O3/c1-10(20)13-14(11-6-4-5-7-12(11)17)19(9-8-18(2)3)16(22)15(13)21/h4-7,14,21H,8-9H2,1-3H3/t14-/m1/s1. The number of benzene rings is 1. The number of halogens is 1. The molecule has 1 aromatic carbocycles. The van der Waals surface area contributed by atoms with Gasteiger partial charge in [0, 0.05) is 18.7 Å². The van der Waals surface area contributed by atoms with E-state index in [1.54, 1.807) is 6.07 Å². The number of aliphatic hydroxyl groups is 1. The van der Waals surface area contributed by atoms with Gasteiger partial charge in [-0.3, -0.25) is 9.59 Å². The molecular weight excluding hydrogens is 287 g/mol. The molecule has 1 amide bonds. The largest absolute Gasteiger partial charge is 0.503 e. The van der Waals surface area contributed by atoms with Crippen LogP contribution in [0.3, 0.4) is 0 Å². The van der Waals surface area contributed by atoms with Gasteiger partial charge in [0.05, 0.1) is 11.6 Å². The molecule has 22 heavy (non-hydrogen) atoms. The van der Waals surface area contributed by atoms with E-state index in [-0.39, 0.29) is 17.7 Å². The number of nitrogens with zero attached hydrogens (tertiary/aromatic N) is 2. The van der Waals surface area contributed by atoms with Crippen molar-refractivity contribution < 1.29 is 19.1 Å². The lowest BCUT2D eigenvalue weighted by molar-refractivity contribution is -0.129. The van der Waals surface area contributed by atoms with Crippen LogP contribution in [-0.4, -0.2) is 53.8 Å². The summed E-state index contributed by atoms with van der Waals surface area (Å²) in [6.07, 6.45) is 0. The van der Waals surface area contributed by atoms with E-state index in [0.717, 1.165) is 0 Å². The quantitative estimate of drug-likeness (QED) is 0.899. The summed E-state index contributed by atoms with van der Waals surface area (Å²) in [5.41, 5.74) is 0.165. The number of amides is 1. The van der Waals surface area contributed by atoms with Gasteiger partial charge in [-0.05, 0) is 27.1 Å². The fraction of sp³-hybridized carbons (Fsp3) is 0.375. The first kappa shape index (κ1) is 16.2. The third kappa shape index (κ3) is 2.87. The van der Waals surface area contributed by atoms with Crippen molar-refractivity contribution in [2.75, 3.05) is 27.2 Å². The highest BCUT2D eigenvalue weighted by Crippen LogP contribution is 2.38. The van der Waals surface area contributed by atoms with Crippen LogP contribution in [0.25, 0.3) is 0 Å². The van der Waals surface area contributed by atoms with Gasteiger partial charge in [-0.15, -0.1) is 0 Å². The molecule has 1 aromatic rings. The van der Waals surface area contributed by atoms with Gasteiger partial charge in [0.2, 0.25) is 0 Å². The Morgan fingerprint density at radius 2 is 2.00 bits per heavy atom. The molecule has 0 unspecified atom stereocenters. The maximum atomic E-state index is 14.1. The molecule has 118 valence electrons. The molecule has 1 N–H and O–H groups in total. The first-order valence-electron chi connectivity index (χ1n) is 6.98. The minimum Gasteiger partial charge on any atom is -0.503 e. The first-order chi connectivity index (χ1) is 10.3. The van der Waals surface area contributed by atoms with Gasteiger partial charge in [0.25, 0.3) is 5.91 Å². The van der Waals surface area contributed by atoms with E-state index in [2.05, 4.69) is 0 Å². The van der Waals surface area contributed by atoms with Crippen LogP contribution in [0.2, 0.25) is 0 Å². The summed E-state index contributed by atoms with van der Waals surface area (Å²) in [4.78, 5) is 27.3. The second-order valence-corrected chi connectivity index (χ2v) is 5.54. The zero-order valence-electron chi connectivity index (χ0n) is 12.8. The Hall–Kier alpha value is -2.21. The Morgan fingerprint density at radius 1 is 1.36 bits per heavy atom. The molecule has 0 fully saturated rings. The molecule has 0 aromatic heterocycles. The molecule has 0 bridgehead atoms. The van der Waals surface area contributed by atoms with Crippen LogP contribution < -0.4 is 0 Å². The maximum absolute atomic E-state index is 14.1. The van der Waals surface area contributed by atoms with Crippen molar-refractivity contribution >= 4 is 11.7 Å². The average molecular weight is 306 g/mol. The number of carbonyl (C=O) groups is 2. The zero-order chi connectivity index (χ0) is 16.4. The van der Waals surface area contributed by atoms with Gasteiger partial charge < -0.3 is 14.9 Å². The first-order valence-corrected chi connectivity index (χ1v) is 6.98. The minimum absolute atomic E-state index is 0.0474. The van der Waals surface area contributed by atoms with Crippen molar-refractivity contribution in [2.24, 2.45) is 0 Å². The van der Waals surface area contributed by atoms with E-state index >= 15 is 0 Å². The lowest BCUT2D eigenvalue weighted by Gasteiger charge is -2.28. The molecule has 1 aliphatic heterocycles. The smallest absolute Gasteiger partial charge is 0.290 e. The van der Waals surface area contributed by atoms with Crippen LogP contribution in [0.1, 0.15) is 18.5 Å². The molecule has 1 aliphatic rings. The average Bonchev–Trinajstić information content (AvgIpc) is 2.69. The molecule has 1 atom stereocenters. The molecule has 0 saturated carbocycles. The number of Topliss-reactive ketones (excluding diaryl/α,β-unsaturated/α-hetero) is 1. The van der Waals surface area contributed by atoms with Gasteiger partial charge in [0.1, 0.15) is 5.82 Å². The van der Waals surface area contributed by atoms with Gasteiger partial charge in [-0.2, -0.15) is 0 Å². The van der Waals surface area contributed by atoms with Crippen LogP contribution in [0.5, 0.6) is 0 Å². The van der Waals surface area contributed by atoms with Gasteiger partial charge in [0.15, 0.2) is 11.5 Å². The van der Waals surface area contributed by atoms with E-state index < -0.39 is 29.3 Å². The number of rotatable bonds is 5. The second-order valence-electron chi connectivity index (χ2n) is 5.54. The van der Waals surface area contributed by atoms with E-state index in [1.807, 2.05) is 19.0 Å². The zero-order valence-corrected chi connectivity index (χ0v) is 12.8. The third-order valence-electron chi connectivity index (χ3n) is 3.67. The normalized spacial score (nSPS) is 18.5. The highest BCUT2D eigenvalue weighted by atomic mass is 19.1. The number of aliphatic hydroxyl groups excluding tert-OH is 1. The lowest BCUT2D eigenvalue weighted by atomic mass is 9.96. The van der Waals surface area contributed by atoms with Crippen LogP contribution in [0, 0.1) is 5.82 Å². The monoisotopic (exact) mass is 306 g/mol. The Morgan fingerprint density at radius 3 is 2.55 bits per heavy atom. The molecular formula is C16H19FN2O3. The molecule has 5 nitrogen and oxygen atoms in total. The van der Waals surface area contributed by atoms with E-state index in [0.29, 0.717) is 6.54 Å². The Bertz CT molecular complexity index is 640. The lowest BCUT2D eigenvalue weighted by Crippen LogP contribution is -2.36. The fourth-order valence-electron chi connectivity index (χ4n) is 2.57. The molecule has 0 aliphatic carbocycles. The summed E-state index contributed by atoms with van der Waals surface area (Å²) < 4.78 is 14.1. The van der Waals surface area contributed by atoms with Crippen LogP contribution in [0.4, 0.5) is 4.39 Å². The van der Waals surface area contributed by atoms with Gasteiger partial charge in [-0.25, -0.2) is 4.39 Å². The molecule has 0 saturated heterocycles. The molecule has 0 radical (unpaired) electrons. The summed E-state index contributed by atoms with van der Waals surface area (Å²) in [6.45, 7) is 2.09. The molecule has 1 heterocycles. The summed E-state index contributed by atoms with van der Waals surface area (Å²) in [6, 6.07) is 5.09. The molecule has 0 spiro atoms. The maximum Gasteiger partial charge on any atom is 0.290 e. The number of ketones is 1. The predicted molar refractivity (Wildman–Crippen MR) is 79.7 cm³/mol. The van der Waals surface area contributed by atoms with Crippen molar-refractivity contribution in [3.8, 4) is 0 Å². The van der Waals surface area contributed by atoms with Crippen molar-refractivity contribution in [1.29, 1.82) is 0 Å². The highest BCUT2D eigenvalue weighted by Gasteiger charge is 2.43. The summed E-state index contributed by atoms with van der Waals surface area (Å²) >= 11 is 0. The number of hydrogen-bond acceptors (Lipinski definition) is 4. The summed E-state index contributed by atoms with van der Waals surface area (Å²) in [7, 11) is 3.69. The Kier molecular flexibility index (Phi) is 4.61.